The van der Waals surface area contributed by atoms with Gasteiger partial charge in [-0.05, 0) is 23.8 Å². The number of para-hydroxylation sites is 1. The van der Waals surface area contributed by atoms with Crippen LogP contribution in [-0.4, -0.2) is 13.1 Å². The fourth-order valence-corrected chi connectivity index (χ4v) is 2.29. The van der Waals surface area contributed by atoms with Gasteiger partial charge in [0.15, 0.2) is 0 Å². The van der Waals surface area contributed by atoms with Crippen molar-refractivity contribution in [3.8, 4) is 5.75 Å². The van der Waals surface area contributed by atoms with E-state index >= 15 is 0 Å². The number of anilines is 1. The van der Waals surface area contributed by atoms with Crippen molar-refractivity contribution in [1.82, 2.24) is 5.32 Å². The van der Waals surface area contributed by atoms with Crippen LogP contribution in [0.2, 0.25) is 0 Å². The first kappa shape index (κ1) is 11.6. The molecule has 0 radical (unpaired) electrons. The van der Waals surface area contributed by atoms with Crippen LogP contribution in [0.1, 0.15) is 17.2 Å². The number of benzene rings is 2. The summed E-state index contributed by atoms with van der Waals surface area (Å²) in [6.45, 7) is 0. The molecule has 3 rings (SSSR count). The monoisotopic (exact) mass is 254 g/mol. The number of carbonyl (C=O) groups is 1. The van der Waals surface area contributed by atoms with Crippen LogP contribution >= 0.6 is 0 Å². The first-order valence-electron chi connectivity index (χ1n) is 6.08. The summed E-state index contributed by atoms with van der Waals surface area (Å²) in [5.74, 6) is 0.803. The summed E-state index contributed by atoms with van der Waals surface area (Å²) < 4.78 is 5.15. The molecule has 96 valence electrons. The second-order valence-corrected chi connectivity index (χ2v) is 4.39. The topological polar surface area (TPSA) is 50.4 Å². The Morgan fingerprint density at radius 2 is 1.79 bits per heavy atom. The van der Waals surface area contributed by atoms with E-state index in [0.29, 0.717) is 0 Å². The summed E-state index contributed by atoms with van der Waals surface area (Å²) in [7, 11) is 1.64. The molecule has 0 aromatic heterocycles. The van der Waals surface area contributed by atoms with Gasteiger partial charge in [-0.1, -0.05) is 30.3 Å². The molecular weight excluding hydrogens is 240 g/mol. The molecule has 1 unspecified atom stereocenters. The standard InChI is InChI=1S/C15H14N2O2/c1-19-11-8-6-10(7-9-11)14-12-4-2-3-5-13(12)16-15(18)17-14/h2-9,14H,1H3,(H2,16,17,18). The average Bonchev–Trinajstić information content (AvgIpc) is 2.46. The predicted molar refractivity (Wildman–Crippen MR) is 73.4 cm³/mol. The minimum atomic E-state index is -0.181. The number of hydrogen-bond donors (Lipinski definition) is 2. The summed E-state index contributed by atoms with van der Waals surface area (Å²) in [6.07, 6.45) is 0. The molecule has 0 aliphatic carbocycles. The third-order valence-electron chi connectivity index (χ3n) is 3.24. The Bertz CT molecular complexity index is 608. The quantitative estimate of drug-likeness (QED) is 0.865. The van der Waals surface area contributed by atoms with Crippen LogP contribution in [0.5, 0.6) is 5.75 Å². The van der Waals surface area contributed by atoms with E-state index in [1.165, 1.54) is 0 Å². The lowest BCUT2D eigenvalue weighted by molar-refractivity contribution is 0.249. The SMILES string of the molecule is COc1ccc(C2NC(=O)Nc3ccccc32)cc1. The Morgan fingerprint density at radius 3 is 2.53 bits per heavy atom. The zero-order valence-corrected chi connectivity index (χ0v) is 10.5. The van der Waals surface area contributed by atoms with Crippen molar-refractivity contribution in [3.63, 3.8) is 0 Å². The number of methoxy groups -OCH3 is 1. The van der Waals surface area contributed by atoms with E-state index in [-0.39, 0.29) is 12.1 Å². The van der Waals surface area contributed by atoms with E-state index in [0.717, 1.165) is 22.6 Å². The summed E-state index contributed by atoms with van der Waals surface area (Å²) in [6, 6.07) is 15.2. The molecule has 2 N–H and O–H groups in total. The molecule has 1 aliphatic rings. The maximum Gasteiger partial charge on any atom is 0.320 e. The van der Waals surface area contributed by atoms with Crippen LogP contribution in [0.3, 0.4) is 0 Å². The molecule has 0 spiro atoms. The highest BCUT2D eigenvalue weighted by molar-refractivity contribution is 5.93. The highest BCUT2D eigenvalue weighted by Gasteiger charge is 2.24. The molecule has 2 aromatic carbocycles. The van der Waals surface area contributed by atoms with Crippen molar-refractivity contribution in [2.24, 2.45) is 0 Å². The minimum absolute atomic E-state index is 0.129. The number of fused-ring (bicyclic) bond motifs is 1. The fraction of sp³-hybridized carbons (Fsp3) is 0.133. The molecule has 1 heterocycles. The minimum Gasteiger partial charge on any atom is -0.497 e. The second kappa shape index (κ2) is 4.65. The number of urea groups is 1. The maximum absolute atomic E-state index is 11.7. The smallest absolute Gasteiger partial charge is 0.320 e. The van der Waals surface area contributed by atoms with Gasteiger partial charge in [0.05, 0.1) is 13.2 Å². The molecule has 1 atom stereocenters. The van der Waals surface area contributed by atoms with Gasteiger partial charge in [0, 0.05) is 11.3 Å². The van der Waals surface area contributed by atoms with Gasteiger partial charge in [-0.25, -0.2) is 4.79 Å². The molecule has 1 aliphatic heterocycles. The summed E-state index contributed by atoms with van der Waals surface area (Å²) in [5, 5.41) is 5.74. The van der Waals surface area contributed by atoms with E-state index < -0.39 is 0 Å². The third-order valence-corrected chi connectivity index (χ3v) is 3.24. The number of nitrogens with one attached hydrogen (secondary N) is 2. The Kier molecular flexibility index (Phi) is 2.83. The van der Waals surface area contributed by atoms with Crippen molar-refractivity contribution in [2.75, 3.05) is 12.4 Å². The van der Waals surface area contributed by atoms with Gasteiger partial charge >= 0.3 is 6.03 Å². The highest BCUT2D eigenvalue weighted by Crippen LogP contribution is 2.31. The van der Waals surface area contributed by atoms with Crippen LogP contribution in [0.4, 0.5) is 10.5 Å². The van der Waals surface area contributed by atoms with Crippen LogP contribution in [0, 0.1) is 0 Å². The van der Waals surface area contributed by atoms with Crippen molar-refractivity contribution in [2.45, 2.75) is 6.04 Å². The Balaban J connectivity index is 2.02. The summed E-state index contributed by atoms with van der Waals surface area (Å²) in [5.41, 5.74) is 2.95. The van der Waals surface area contributed by atoms with Gasteiger partial charge < -0.3 is 15.4 Å². The molecule has 4 heteroatoms. The Morgan fingerprint density at radius 1 is 1.05 bits per heavy atom. The molecule has 2 amide bonds. The predicted octanol–water partition coefficient (Wildman–Crippen LogP) is 2.92. The summed E-state index contributed by atoms with van der Waals surface area (Å²) >= 11 is 0. The Hall–Kier alpha value is -2.49. The third kappa shape index (κ3) is 2.12. The van der Waals surface area contributed by atoms with Crippen molar-refractivity contribution in [1.29, 1.82) is 0 Å². The molecule has 0 fully saturated rings. The van der Waals surface area contributed by atoms with Gasteiger partial charge in [-0.2, -0.15) is 0 Å². The van der Waals surface area contributed by atoms with Crippen molar-refractivity contribution < 1.29 is 9.53 Å². The van der Waals surface area contributed by atoms with E-state index in [1.807, 2.05) is 48.5 Å². The molecule has 19 heavy (non-hydrogen) atoms. The first-order chi connectivity index (χ1) is 9.28. The molecule has 0 bridgehead atoms. The van der Waals surface area contributed by atoms with Gasteiger partial charge in [-0.15, -0.1) is 0 Å². The van der Waals surface area contributed by atoms with Crippen LogP contribution in [0.25, 0.3) is 0 Å². The zero-order chi connectivity index (χ0) is 13.2. The van der Waals surface area contributed by atoms with E-state index in [9.17, 15) is 4.79 Å². The lowest BCUT2D eigenvalue weighted by Crippen LogP contribution is -2.38. The van der Waals surface area contributed by atoms with Crippen molar-refractivity contribution >= 4 is 11.7 Å². The number of ether oxygens (including phenoxy) is 1. The van der Waals surface area contributed by atoms with E-state index in [2.05, 4.69) is 10.6 Å². The van der Waals surface area contributed by atoms with E-state index in [1.54, 1.807) is 7.11 Å². The molecule has 4 nitrogen and oxygen atoms in total. The molecular formula is C15H14N2O2. The lowest BCUT2D eigenvalue weighted by Gasteiger charge is -2.27. The fourth-order valence-electron chi connectivity index (χ4n) is 2.29. The lowest BCUT2D eigenvalue weighted by atomic mass is 9.96. The highest BCUT2D eigenvalue weighted by atomic mass is 16.5. The van der Waals surface area contributed by atoms with Gasteiger partial charge in [0.1, 0.15) is 5.75 Å². The first-order valence-corrected chi connectivity index (χ1v) is 6.08. The maximum atomic E-state index is 11.7. The molecule has 0 saturated heterocycles. The molecule has 2 aromatic rings. The largest absolute Gasteiger partial charge is 0.497 e. The zero-order valence-electron chi connectivity index (χ0n) is 10.5. The number of rotatable bonds is 2. The summed E-state index contributed by atoms with van der Waals surface area (Å²) in [4.78, 5) is 11.7. The second-order valence-electron chi connectivity index (χ2n) is 4.39. The average molecular weight is 254 g/mol. The molecule has 0 saturated carbocycles. The van der Waals surface area contributed by atoms with Crippen molar-refractivity contribution in [3.05, 3.63) is 59.7 Å². The van der Waals surface area contributed by atoms with Crippen LogP contribution in [-0.2, 0) is 0 Å². The van der Waals surface area contributed by atoms with Gasteiger partial charge in [-0.3, -0.25) is 0 Å². The Labute approximate surface area is 111 Å². The van der Waals surface area contributed by atoms with E-state index in [4.69, 9.17) is 4.74 Å². The van der Waals surface area contributed by atoms with Crippen LogP contribution < -0.4 is 15.4 Å². The number of amides is 2. The van der Waals surface area contributed by atoms with Crippen LogP contribution in [0.15, 0.2) is 48.5 Å². The van der Waals surface area contributed by atoms with Gasteiger partial charge in [0.2, 0.25) is 0 Å². The normalized spacial score (nSPS) is 17.1. The number of hydrogen-bond acceptors (Lipinski definition) is 2. The number of carbonyl (C=O) groups excluding carboxylic acids is 1. The van der Waals surface area contributed by atoms with Gasteiger partial charge in [0.25, 0.3) is 0 Å².